The number of piperidine rings is 1. The first-order valence-electron chi connectivity index (χ1n) is 10.7. The number of benzene rings is 2. The number of likely N-dealkylation sites (tertiary alicyclic amines) is 1. The van der Waals surface area contributed by atoms with Gasteiger partial charge in [0.2, 0.25) is 11.8 Å². The fourth-order valence-electron chi connectivity index (χ4n) is 4.27. The van der Waals surface area contributed by atoms with Gasteiger partial charge in [-0.05, 0) is 42.7 Å². The van der Waals surface area contributed by atoms with Crippen LogP contribution in [0.4, 0.5) is 0 Å². The monoisotopic (exact) mass is 439 g/mol. The summed E-state index contributed by atoms with van der Waals surface area (Å²) in [6, 6.07) is 15.8. The normalized spacial score (nSPS) is 18.1. The Balaban J connectivity index is 1.47. The van der Waals surface area contributed by atoms with E-state index in [4.69, 9.17) is 11.6 Å². The van der Waals surface area contributed by atoms with Crippen LogP contribution < -0.4 is 0 Å². The van der Waals surface area contributed by atoms with Gasteiger partial charge >= 0.3 is 0 Å². The minimum Gasteiger partial charge on any atom is -0.337 e. The van der Waals surface area contributed by atoms with Gasteiger partial charge in [0.1, 0.15) is 6.04 Å². The number of nitrogens with zero attached hydrogens (tertiary/aromatic N) is 3. The zero-order chi connectivity index (χ0) is 21.8. The van der Waals surface area contributed by atoms with Crippen molar-refractivity contribution in [1.82, 2.24) is 14.7 Å². The summed E-state index contributed by atoms with van der Waals surface area (Å²) in [5, 5.41) is 0.589. The van der Waals surface area contributed by atoms with Gasteiger partial charge in [0.25, 0.3) is 5.91 Å². The maximum Gasteiger partial charge on any atom is 0.253 e. The number of halogens is 1. The first kappa shape index (κ1) is 21.4. The third kappa shape index (κ3) is 4.74. The van der Waals surface area contributed by atoms with Crippen molar-refractivity contribution in [3.8, 4) is 0 Å². The molecular formula is C24H26ClN3O3. The van der Waals surface area contributed by atoms with Crippen molar-refractivity contribution >= 4 is 29.3 Å². The van der Waals surface area contributed by atoms with Crippen molar-refractivity contribution in [2.75, 3.05) is 32.7 Å². The molecule has 0 spiro atoms. The number of carbonyl (C=O) groups excluding carboxylic acids is 3. The number of carbonyl (C=O) groups is 3. The number of hydrogen-bond acceptors (Lipinski definition) is 3. The Kier molecular flexibility index (Phi) is 6.56. The van der Waals surface area contributed by atoms with Gasteiger partial charge in [-0.25, -0.2) is 0 Å². The highest BCUT2D eigenvalue weighted by Crippen LogP contribution is 2.28. The van der Waals surface area contributed by atoms with Crippen LogP contribution >= 0.6 is 11.6 Å². The van der Waals surface area contributed by atoms with Gasteiger partial charge in [-0.3, -0.25) is 14.4 Å². The lowest BCUT2D eigenvalue weighted by Crippen LogP contribution is -2.54. The molecule has 2 aliphatic rings. The van der Waals surface area contributed by atoms with Gasteiger partial charge in [-0.15, -0.1) is 0 Å². The smallest absolute Gasteiger partial charge is 0.253 e. The van der Waals surface area contributed by atoms with Crippen LogP contribution in [0, 0.1) is 0 Å². The van der Waals surface area contributed by atoms with Crippen molar-refractivity contribution < 1.29 is 14.4 Å². The van der Waals surface area contributed by atoms with Gasteiger partial charge in [0.15, 0.2) is 0 Å². The van der Waals surface area contributed by atoms with E-state index in [1.807, 2.05) is 30.3 Å². The molecule has 31 heavy (non-hydrogen) atoms. The molecule has 3 amide bonds. The molecule has 0 aromatic heterocycles. The summed E-state index contributed by atoms with van der Waals surface area (Å²) < 4.78 is 0. The summed E-state index contributed by atoms with van der Waals surface area (Å²) in [7, 11) is 0. The maximum atomic E-state index is 13.5. The van der Waals surface area contributed by atoms with E-state index in [9.17, 15) is 14.4 Å². The van der Waals surface area contributed by atoms with Crippen LogP contribution in [-0.2, 0) is 9.59 Å². The topological polar surface area (TPSA) is 60.9 Å². The summed E-state index contributed by atoms with van der Waals surface area (Å²) in [4.78, 5) is 44.2. The quantitative estimate of drug-likeness (QED) is 0.733. The number of piperazine rings is 1. The largest absolute Gasteiger partial charge is 0.337 e. The van der Waals surface area contributed by atoms with E-state index in [2.05, 4.69) is 0 Å². The molecule has 2 saturated heterocycles. The van der Waals surface area contributed by atoms with Crippen molar-refractivity contribution in [1.29, 1.82) is 0 Å². The van der Waals surface area contributed by atoms with Crippen LogP contribution in [0.3, 0.4) is 0 Å². The standard InChI is InChI=1S/C24H26ClN3O3/c25-20-11-9-19(10-12-20)23(30)26-14-16-27(17-15-26)24(31)22(18-6-2-1-3-7-18)28-13-5-4-8-21(28)29/h1-3,6-7,9-12,22H,4-5,8,13-17H2. The molecule has 2 heterocycles. The van der Waals surface area contributed by atoms with Crippen molar-refractivity contribution in [3.63, 3.8) is 0 Å². The van der Waals surface area contributed by atoms with Gasteiger partial charge in [-0.2, -0.15) is 0 Å². The zero-order valence-electron chi connectivity index (χ0n) is 17.4. The Morgan fingerprint density at radius 1 is 0.806 bits per heavy atom. The highest BCUT2D eigenvalue weighted by atomic mass is 35.5. The predicted octanol–water partition coefficient (Wildman–Crippen LogP) is 3.38. The molecule has 1 unspecified atom stereocenters. The average Bonchev–Trinajstić information content (AvgIpc) is 2.81. The molecule has 0 saturated carbocycles. The number of rotatable bonds is 4. The van der Waals surface area contributed by atoms with Gasteiger partial charge in [0.05, 0.1) is 0 Å². The van der Waals surface area contributed by atoms with E-state index in [1.165, 1.54) is 0 Å². The fraction of sp³-hybridized carbons (Fsp3) is 0.375. The Morgan fingerprint density at radius 2 is 1.45 bits per heavy atom. The number of hydrogen-bond donors (Lipinski definition) is 0. The molecule has 162 valence electrons. The van der Waals surface area contributed by atoms with Crippen molar-refractivity contribution in [2.24, 2.45) is 0 Å². The second kappa shape index (κ2) is 9.52. The van der Waals surface area contributed by atoms with Gasteiger partial charge < -0.3 is 14.7 Å². The third-order valence-corrected chi connectivity index (χ3v) is 6.24. The first-order valence-corrected chi connectivity index (χ1v) is 11.1. The third-order valence-electron chi connectivity index (χ3n) is 5.99. The van der Waals surface area contributed by atoms with Crippen LogP contribution in [0.5, 0.6) is 0 Å². The lowest BCUT2D eigenvalue weighted by atomic mass is 9.99. The minimum absolute atomic E-state index is 0.0324. The average molecular weight is 440 g/mol. The summed E-state index contributed by atoms with van der Waals surface area (Å²) in [5.74, 6) is -0.0976. The zero-order valence-corrected chi connectivity index (χ0v) is 18.1. The van der Waals surface area contributed by atoms with E-state index in [-0.39, 0.29) is 17.7 Å². The van der Waals surface area contributed by atoms with Crippen LogP contribution in [0.2, 0.25) is 5.02 Å². The lowest BCUT2D eigenvalue weighted by Gasteiger charge is -2.40. The molecule has 2 aromatic carbocycles. The van der Waals surface area contributed by atoms with E-state index in [0.717, 1.165) is 18.4 Å². The summed E-state index contributed by atoms with van der Waals surface area (Å²) in [5.41, 5.74) is 1.42. The predicted molar refractivity (Wildman–Crippen MR) is 119 cm³/mol. The molecule has 4 rings (SSSR count). The summed E-state index contributed by atoms with van der Waals surface area (Å²) in [6.07, 6.45) is 2.27. The maximum absolute atomic E-state index is 13.5. The first-order chi connectivity index (χ1) is 15.0. The summed E-state index contributed by atoms with van der Waals surface area (Å²) in [6.45, 7) is 2.41. The van der Waals surface area contributed by atoms with Crippen LogP contribution in [0.15, 0.2) is 54.6 Å². The molecule has 0 N–H and O–H groups in total. The van der Waals surface area contributed by atoms with Crippen LogP contribution in [0.1, 0.15) is 41.2 Å². The highest BCUT2D eigenvalue weighted by Gasteiger charge is 2.36. The van der Waals surface area contributed by atoms with E-state index in [0.29, 0.717) is 49.7 Å². The summed E-state index contributed by atoms with van der Waals surface area (Å²) >= 11 is 5.91. The van der Waals surface area contributed by atoms with E-state index < -0.39 is 6.04 Å². The Labute approximate surface area is 187 Å². The van der Waals surface area contributed by atoms with Crippen LogP contribution in [-0.4, -0.2) is 65.1 Å². The molecule has 0 bridgehead atoms. The van der Waals surface area contributed by atoms with Crippen molar-refractivity contribution in [2.45, 2.75) is 25.3 Å². The molecule has 2 aliphatic heterocycles. The van der Waals surface area contributed by atoms with Crippen LogP contribution in [0.25, 0.3) is 0 Å². The Hall–Kier alpha value is -2.86. The molecule has 1 atom stereocenters. The van der Waals surface area contributed by atoms with E-state index in [1.54, 1.807) is 39.0 Å². The Bertz CT molecular complexity index is 940. The minimum atomic E-state index is -0.604. The lowest BCUT2D eigenvalue weighted by molar-refractivity contribution is -0.148. The number of amides is 3. The molecule has 2 fully saturated rings. The molecule has 0 aliphatic carbocycles. The molecule has 6 nitrogen and oxygen atoms in total. The fourth-order valence-corrected chi connectivity index (χ4v) is 4.39. The molecule has 0 radical (unpaired) electrons. The molecular weight excluding hydrogens is 414 g/mol. The highest BCUT2D eigenvalue weighted by molar-refractivity contribution is 6.30. The van der Waals surface area contributed by atoms with Gasteiger partial charge in [0, 0.05) is 49.7 Å². The second-order valence-electron chi connectivity index (χ2n) is 7.98. The van der Waals surface area contributed by atoms with Crippen molar-refractivity contribution in [3.05, 3.63) is 70.7 Å². The van der Waals surface area contributed by atoms with Gasteiger partial charge in [-0.1, -0.05) is 41.9 Å². The molecule has 7 heteroatoms. The van der Waals surface area contributed by atoms with E-state index >= 15 is 0 Å². The Morgan fingerprint density at radius 3 is 2.10 bits per heavy atom. The SMILES string of the molecule is O=C(c1ccc(Cl)cc1)N1CCN(C(=O)C(c2ccccc2)N2CCCCC2=O)CC1. The molecule has 2 aromatic rings. The second-order valence-corrected chi connectivity index (χ2v) is 8.42.